The molecule has 0 aliphatic rings. The number of hydrogen-bond donors (Lipinski definition) is 0. The van der Waals surface area contributed by atoms with Gasteiger partial charge >= 0.3 is 0 Å². The minimum Gasteiger partial charge on any atom is -0.259 e. The summed E-state index contributed by atoms with van der Waals surface area (Å²) in [7, 11) is 0. The van der Waals surface area contributed by atoms with Gasteiger partial charge in [0.2, 0.25) is 0 Å². The molecule has 0 N–H and O–H groups in total. The Balaban J connectivity index is 1.51. The van der Waals surface area contributed by atoms with E-state index >= 15 is 0 Å². The third-order valence-electron chi connectivity index (χ3n) is 7.93. The molecule has 196 valence electrons. The van der Waals surface area contributed by atoms with Crippen molar-refractivity contribution in [1.82, 2.24) is 4.48 Å². The monoisotopic (exact) mass is 478 g/mol. The fraction of sp³-hybridized carbons (Fsp3) is 0.647. The van der Waals surface area contributed by atoms with E-state index < -0.39 is 0 Å². The van der Waals surface area contributed by atoms with E-state index in [0.29, 0.717) is 0 Å². The molecule has 1 heteroatoms. The van der Waals surface area contributed by atoms with Crippen molar-refractivity contribution >= 4 is 11.4 Å². The van der Waals surface area contributed by atoms with Crippen LogP contribution in [0.25, 0.3) is 0 Å². The van der Waals surface area contributed by atoms with E-state index in [1.807, 2.05) is 0 Å². The molecule has 2 aromatic carbocycles. The van der Waals surface area contributed by atoms with Crippen molar-refractivity contribution in [2.75, 3.05) is 13.1 Å². The lowest BCUT2D eigenvalue weighted by Gasteiger charge is -2.37. The number of hydrogen-bond acceptors (Lipinski definition) is 0. The average Bonchev–Trinajstić information content (AvgIpc) is 2.91. The van der Waals surface area contributed by atoms with Crippen LogP contribution >= 0.6 is 0 Å². The topological polar surface area (TPSA) is 0 Å². The van der Waals surface area contributed by atoms with Crippen LogP contribution in [0.5, 0.6) is 0 Å². The molecule has 35 heavy (non-hydrogen) atoms. The first kappa shape index (κ1) is 29.6. The lowest BCUT2D eigenvalue weighted by atomic mass is 10.0. The number of para-hydroxylation sites is 2. The molecule has 0 heterocycles. The molecule has 0 unspecified atom stereocenters. The van der Waals surface area contributed by atoms with Gasteiger partial charge in [-0.2, -0.15) is 0 Å². The fourth-order valence-corrected chi connectivity index (χ4v) is 5.64. The summed E-state index contributed by atoms with van der Waals surface area (Å²) in [5.74, 6) is 0. The zero-order valence-corrected chi connectivity index (χ0v) is 23.4. The molecule has 1 nitrogen and oxygen atoms in total. The molecule has 0 spiro atoms. The maximum absolute atomic E-state index is 2.34. The van der Waals surface area contributed by atoms with Crippen LogP contribution in [0.2, 0.25) is 0 Å². The minimum absolute atomic E-state index is 0.973. The molecule has 2 aromatic rings. The van der Waals surface area contributed by atoms with Crippen molar-refractivity contribution in [1.29, 1.82) is 0 Å². The number of quaternary nitrogens is 1. The standard InChI is InChI=1S/C34H56N/c1-3-5-6-7-8-9-10-11-12-13-14-15-16-17-18-19-20-27-32-35(4-2,33-28-23-21-24-29-33)34-30-25-22-26-31-34/h21-26,28-31H,3-20,27,32H2,1-2H3/q+1. The van der Waals surface area contributed by atoms with Crippen LogP contribution in [-0.4, -0.2) is 13.1 Å². The molecule has 2 rings (SSSR count). The largest absolute Gasteiger partial charge is 0.259 e. The van der Waals surface area contributed by atoms with E-state index in [2.05, 4.69) is 74.5 Å². The molecule has 0 aliphatic carbocycles. The lowest BCUT2D eigenvalue weighted by Crippen LogP contribution is -2.44. The van der Waals surface area contributed by atoms with E-state index in [1.54, 1.807) is 0 Å². The first-order chi connectivity index (χ1) is 17.3. The predicted octanol–water partition coefficient (Wildman–Crippen LogP) is 11.4. The Morgan fingerprint density at radius 3 is 1.03 bits per heavy atom. The Kier molecular flexibility index (Phi) is 16.6. The summed E-state index contributed by atoms with van der Waals surface area (Å²) < 4.78 is 0.973. The third kappa shape index (κ3) is 11.8. The summed E-state index contributed by atoms with van der Waals surface area (Å²) in [5, 5.41) is 0. The molecule has 0 bridgehead atoms. The van der Waals surface area contributed by atoms with E-state index in [-0.39, 0.29) is 0 Å². The SMILES string of the molecule is CCCCCCCCCCCCCCCCCCCC[N+](CC)(c1ccccc1)c1ccccc1. The third-order valence-corrected chi connectivity index (χ3v) is 7.93. The van der Waals surface area contributed by atoms with Crippen molar-refractivity contribution in [3.8, 4) is 0 Å². The Labute approximate surface area is 218 Å². The maximum Gasteiger partial charge on any atom is 0.137 e. The molecule has 0 fully saturated rings. The Hall–Kier alpha value is -1.60. The predicted molar refractivity (Wildman–Crippen MR) is 159 cm³/mol. The van der Waals surface area contributed by atoms with Crippen LogP contribution in [-0.2, 0) is 0 Å². The highest BCUT2D eigenvalue weighted by molar-refractivity contribution is 5.58. The van der Waals surface area contributed by atoms with Crippen LogP contribution in [0.15, 0.2) is 60.7 Å². The number of benzene rings is 2. The second-order valence-electron chi connectivity index (χ2n) is 10.7. The van der Waals surface area contributed by atoms with E-state index in [0.717, 1.165) is 11.0 Å². The molecule has 0 radical (unpaired) electrons. The number of rotatable bonds is 22. The fourth-order valence-electron chi connectivity index (χ4n) is 5.64. The molecular weight excluding hydrogens is 422 g/mol. The maximum atomic E-state index is 2.34. The van der Waals surface area contributed by atoms with Crippen molar-refractivity contribution in [2.45, 2.75) is 129 Å². The van der Waals surface area contributed by atoms with E-state index in [1.165, 1.54) is 133 Å². The average molecular weight is 479 g/mol. The summed E-state index contributed by atoms with van der Waals surface area (Å²) >= 11 is 0. The molecule has 0 aliphatic heterocycles. The van der Waals surface area contributed by atoms with E-state index in [9.17, 15) is 0 Å². The molecular formula is C34H56N+. The summed E-state index contributed by atoms with van der Waals surface area (Å²) in [6.45, 7) is 6.95. The van der Waals surface area contributed by atoms with Crippen molar-refractivity contribution in [2.24, 2.45) is 0 Å². The first-order valence-electron chi connectivity index (χ1n) is 15.3. The second kappa shape index (κ2) is 19.6. The molecule has 0 amide bonds. The van der Waals surface area contributed by atoms with Gasteiger partial charge in [-0.1, -0.05) is 146 Å². The Morgan fingerprint density at radius 2 is 0.714 bits per heavy atom. The van der Waals surface area contributed by atoms with E-state index in [4.69, 9.17) is 0 Å². The number of nitrogens with zero attached hydrogens (tertiary/aromatic N) is 1. The van der Waals surface area contributed by atoms with Gasteiger partial charge in [0.1, 0.15) is 11.4 Å². The minimum atomic E-state index is 0.973. The highest BCUT2D eigenvalue weighted by atomic mass is 15.4. The van der Waals surface area contributed by atoms with Gasteiger partial charge in [-0.15, -0.1) is 0 Å². The quantitative estimate of drug-likeness (QED) is 0.117. The van der Waals surface area contributed by atoms with Crippen molar-refractivity contribution in [3.63, 3.8) is 0 Å². The van der Waals surface area contributed by atoms with Gasteiger partial charge in [0.15, 0.2) is 0 Å². The summed E-state index contributed by atoms with van der Waals surface area (Å²) in [5.41, 5.74) is 2.85. The van der Waals surface area contributed by atoms with Gasteiger partial charge in [0, 0.05) is 0 Å². The van der Waals surface area contributed by atoms with Crippen molar-refractivity contribution in [3.05, 3.63) is 60.7 Å². The first-order valence-corrected chi connectivity index (χ1v) is 15.3. The Morgan fingerprint density at radius 1 is 0.400 bits per heavy atom. The van der Waals surface area contributed by atoms with Gasteiger partial charge in [0.25, 0.3) is 0 Å². The van der Waals surface area contributed by atoms with Crippen LogP contribution in [0.3, 0.4) is 0 Å². The van der Waals surface area contributed by atoms with Crippen LogP contribution in [0.1, 0.15) is 129 Å². The van der Waals surface area contributed by atoms with Crippen LogP contribution in [0, 0.1) is 0 Å². The summed E-state index contributed by atoms with van der Waals surface area (Å²) in [4.78, 5) is 0. The molecule has 0 aromatic heterocycles. The van der Waals surface area contributed by atoms with Gasteiger partial charge in [-0.3, -0.25) is 4.48 Å². The van der Waals surface area contributed by atoms with Gasteiger partial charge in [0.05, 0.1) is 13.1 Å². The smallest absolute Gasteiger partial charge is 0.137 e. The molecule has 0 saturated heterocycles. The highest BCUT2D eigenvalue weighted by Gasteiger charge is 2.30. The lowest BCUT2D eigenvalue weighted by molar-refractivity contribution is 0.382. The zero-order valence-electron chi connectivity index (χ0n) is 23.4. The summed E-state index contributed by atoms with van der Waals surface area (Å²) in [6, 6.07) is 22.3. The highest BCUT2D eigenvalue weighted by Crippen LogP contribution is 2.35. The second-order valence-corrected chi connectivity index (χ2v) is 10.7. The van der Waals surface area contributed by atoms with Crippen LogP contribution in [0.4, 0.5) is 11.4 Å². The summed E-state index contributed by atoms with van der Waals surface area (Å²) in [6.07, 6.45) is 25.8. The van der Waals surface area contributed by atoms with Crippen molar-refractivity contribution < 1.29 is 0 Å². The molecule has 0 saturated carbocycles. The van der Waals surface area contributed by atoms with Crippen LogP contribution < -0.4 is 4.48 Å². The molecule has 0 atom stereocenters. The van der Waals surface area contributed by atoms with Gasteiger partial charge in [-0.05, 0) is 44.0 Å². The van der Waals surface area contributed by atoms with Gasteiger partial charge < -0.3 is 0 Å². The Bertz CT molecular complexity index is 668. The zero-order chi connectivity index (χ0) is 24.9. The number of unbranched alkanes of at least 4 members (excludes halogenated alkanes) is 17. The normalized spacial score (nSPS) is 11.7. The van der Waals surface area contributed by atoms with Gasteiger partial charge in [-0.25, -0.2) is 0 Å².